The fraction of sp³-hybridized carbons (Fsp3) is 0.167. The first-order valence-corrected chi connectivity index (χ1v) is 4.91. The highest BCUT2D eigenvalue weighted by molar-refractivity contribution is 5.58. The molecule has 1 aromatic heterocycles. The lowest BCUT2D eigenvalue weighted by Gasteiger charge is -2.03. The monoisotopic (exact) mass is 218 g/mol. The van der Waals surface area contributed by atoms with E-state index in [1.54, 1.807) is 19.1 Å². The van der Waals surface area contributed by atoms with Gasteiger partial charge in [0.25, 0.3) is 5.56 Å². The summed E-state index contributed by atoms with van der Waals surface area (Å²) in [6, 6.07) is 5.71. The van der Waals surface area contributed by atoms with Gasteiger partial charge in [-0.2, -0.15) is 0 Å². The van der Waals surface area contributed by atoms with E-state index in [9.17, 15) is 9.18 Å². The van der Waals surface area contributed by atoms with Crippen molar-refractivity contribution >= 4 is 0 Å². The second kappa shape index (κ2) is 3.89. The van der Waals surface area contributed by atoms with Crippen molar-refractivity contribution in [1.29, 1.82) is 0 Å². The molecule has 4 heteroatoms. The van der Waals surface area contributed by atoms with Crippen molar-refractivity contribution in [1.82, 2.24) is 9.97 Å². The number of aromatic nitrogens is 2. The van der Waals surface area contributed by atoms with Crippen LogP contribution in [-0.2, 0) is 0 Å². The molecule has 1 heterocycles. The van der Waals surface area contributed by atoms with Gasteiger partial charge in [0.2, 0.25) is 0 Å². The number of hydrogen-bond donors (Lipinski definition) is 1. The lowest BCUT2D eigenvalue weighted by Crippen LogP contribution is -2.14. The Morgan fingerprint density at radius 2 is 1.81 bits per heavy atom. The van der Waals surface area contributed by atoms with Crippen LogP contribution in [0.5, 0.6) is 0 Å². The first kappa shape index (κ1) is 10.5. The van der Waals surface area contributed by atoms with E-state index in [1.807, 2.05) is 6.92 Å². The molecule has 1 aromatic carbocycles. The Labute approximate surface area is 92.0 Å². The van der Waals surface area contributed by atoms with Crippen molar-refractivity contribution in [3.05, 3.63) is 51.8 Å². The fourth-order valence-corrected chi connectivity index (χ4v) is 1.43. The molecule has 0 spiro atoms. The molecule has 16 heavy (non-hydrogen) atoms. The predicted molar refractivity (Wildman–Crippen MR) is 59.7 cm³/mol. The van der Waals surface area contributed by atoms with E-state index in [4.69, 9.17) is 0 Å². The topological polar surface area (TPSA) is 45.8 Å². The molecule has 0 radical (unpaired) electrons. The number of rotatable bonds is 1. The highest BCUT2D eigenvalue weighted by Gasteiger charge is 2.07. The van der Waals surface area contributed by atoms with Crippen molar-refractivity contribution in [2.24, 2.45) is 0 Å². The third-order valence-corrected chi connectivity index (χ3v) is 2.46. The predicted octanol–water partition coefficient (Wildman–Crippen LogP) is 2.19. The molecule has 3 nitrogen and oxygen atoms in total. The summed E-state index contributed by atoms with van der Waals surface area (Å²) >= 11 is 0. The van der Waals surface area contributed by atoms with E-state index in [1.165, 1.54) is 12.1 Å². The maximum atomic E-state index is 12.7. The van der Waals surface area contributed by atoms with Crippen LogP contribution in [0.15, 0.2) is 29.1 Å². The number of nitrogens with zero attached hydrogens (tertiary/aromatic N) is 1. The van der Waals surface area contributed by atoms with Gasteiger partial charge in [0.05, 0.1) is 5.69 Å². The smallest absolute Gasteiger partial charge is 0.274 e. The third kappa shape index (κ3) is 1.86. The highest BCUT2D eigenvalue weighted by atomic mass is 19.1. The van der Waals surface area contributed by atoms with Crippen LogP contribution in [0.25, 0.3) is 11.3 Å². The summed E-state index contributed by atoms with van der Waals surface area (Å²) in [4.78, 5) is 18.6. The molecule has 0 unspecified atom stereocenters. The first-order valence-electron chi connectivity index (χ1n) is 4.91. The minimum Gasteiger partial charge on any atom is -0.323 e. The molecule has 2 aromatic rings. The van der Waals surface area contributed by atoms with Gasteiger partial charge in [0, 0.05) is 11.3 Å². The van der Waals surface area contributed by atoms with Crippen LogP contribution in [0.2, 0.25) is 0 Å². The van der Waals surface area contributed by atoms with Gasteiger partial charge in [0.15, 0.2) is 0 Å². The van der Waals surface area contributed by atoms with Gasteiger partial charge < -0.3 is 4.98 Å². The maximum Gasteiger partial charge on any atom is 0.274 e. The van der Waals surface area contributed by atoms with Crippen LogP contribution in [0.3, 0.4) is 0 Å². The average Bonchev–Trinajstić information content (AvgIpc) is 2.25. The number of benzene rings is 1. The molecule has 0 saturated heterocycles. The number of hydrogen-bond acceptors (Lipinski definition) is 2. The molecular formula is C12H11FN2O. The highest BCUT2D eigenvalue weighted by Crippen LogP contribution is 2.14. The van der Waals surface area contributed by atoms with E-state index >= 15 is 0 Å². The van der Waals surface area contributed by atoms with Gasteiger partial charge in [-0.1, -0.05) is 0 Å². The lowest BCUT2D eigenvalue weighted by molar-refractivity contribution is 0.628. The van der Waals surface area contributed by atoms with E-state index in [-0.39, 0.29) is 11.4 Å². The number of H-pyrrole nitrogens is 1. The van der Waals surface area contributed by atoms with Crippen molar-refractivity contribution in [3.8, 4) is 11.3 Å². The number of nitrogens with one attached hydrogen (secondary N) is 1. The minimum atomic E-state index is -0.330. The van der Waals surface area contributed by atoms with Crippen LogP contribution < -0.4 is 5.56 Å². The zero-order chi connectivity index (χ0) is 11.7. The van der Waals surface area contributed by atoms with Crippen LogP contribution in [-0.4, -0.2) is 9.97 Å². The molecule has 0 bridgehead atoms. The van der Waals surface area contributed by atoms with Gasteiger partial charge >= 0.3 is 0 Å². The van der Waals surface area contributed by atoms with Crippen molar-refractivity contribution in [2.45, 2.75) is 13.8 Å². The Morgan fingerprint density at radius 1 is 1.19 bits per heavy atom. The van der Waals surface area contributed by atoms with E-state index in [0.717, 1.165) is 11.4 Å². The summed E-state index contributed by atoms with van der Waals surface area (Å²) < 4.78 is 12.7. The zero-order valence-electron chi connectivity index (χ0n) is 9.04. The Kier molecular flexibility index (Phi) is 2.56. The van der Waals surface area contributed by atoms with Gasteiger partial charge in [-0.05, 0) is 38.1 Å². The molecule has 2 rings (SSSR count). The average molecular weight is 218 g/mol. The van der Waals surface area contributed by atoms with Crippen LogP contribution in [0, 0.1) is 19.7 Å². The molecule has 0 aliphatic carbocycles. The third-order valence-electron chi connectivity index (χ3n) is 2.46. The van der Waals surface area contributed by atoms with E-state index in [2.05, 4.69) is 9.97 Å². The minimum absolute atomic E-state index is 0.255. The summed E-state index contributed by atoms with van der Waals surface area (Å²) in [5.41, 5.74) is 2.19. The molecule has 82 valence electrons. The van der Waals surface area contributed by atoms with Crippen LogP contribution in [0.1, 0.15) is 11.4 Å². The van der Waals surface area contributed by atoms with Gasteiger partial charge in [-0.25, -0.2) is 9.37 Å². The lowest BCUT2D eigenvalue weighted by atomic mass is 10.1. The fourth-order valence-electron chi connectivity index (χ4n) is 1.43. The Morgan fingerprint density at radius 3 is 2.44 bits per heavy atom. The Balaban J connectivity index is 2.60. The molecule has 0 aliphatic heterocycles. The molecular weight excluding hydrogens is 207 g/mol. The standard InChI is InChI=1S/C12H11FN2O/c1-7-8(2)15-12(16)11(14-7)9-3-5-10(13)6-4-9/h3-6H,1-2H3,(H,15,16). The van der Waals surface area contributed by atoms with Crippen molar-refractivity contribution in [3.63, 3.8) is 0 Å². The molecule has 0 atom stereocenters. The molecule has 0 fully saturated rings. The second-order valence-corrected chi connectivity index (χ2v) is 3.63. The summed E-state index contributed by atoms with van der Waals surface area (Å²) in [5.74, 6) is -0.330. The summed E-state index contributed by atoms with van der Waals surface area (Å²) in [7, 11) is 0. The van der Waals surface area contributed by atoms with Gasteiger partial charge in [0.1, 0.15) is 11.5 Å². The number of aryl methyl sites for hydroxylation is 2. The molecule has 0 saturated carbocycles. The van der Waals surface area contributed by atoms with Gasteiger partial charge in [-0.3, -0.25) is 4.79 Å². The first-order chi connectivity index (χ1) is 7.58. The number of halogens is 1. The van der Waals surface area contributed by atoms with Gasteiger partial charge in [-0.15, -0.1) is 0 Å². The van der Waals surface area contributed by atoms with Crippen LogP contribution in [0.4, 0.5) is 4.39 Å². The molecule has 1 N–H and O–H groups in total. The SMILES string of the molecule is Cc1nc(-c2ccc(F)cc2)c(=O)[nH]c1C. The largest absolute Gasteiger partial charge is 0.323 e. The summed E-state index contributed by atoms with van der Waals surface area (Å²) in [6.45, 7) is 3.61. The van der Waals surface area contributed by atoms with Crippen molar-refractivity contribution < 1.29 is 4.39 Å². The second-order valence-electron chi connectivity index (χ2n) is 3.63. The quantitative estimate of drug-likeness (QED) is 0.797. The summed E-state index contributed by atoms with van der Waals surface area (Å²) in [6.07, 6.45) is 0. The molecule has 0 amide bonds. The number of aromatic amines is 1. The summed E-state index contributed by atoms with van der Waals surface area (Å²) in [5, 5.41) is 0. The van der Waals surface area contributed by atoms with E-state index in [0.29, 0.717) is 11.3 Å². The van der Waals surface area contributed by atoms with Crippen molar-refractivity contribution in [2.75, 3.05) is 0 Å². The maximum absolute atomic E-state index is 12.7. The van der Waals surface area contributed by atoms with Crippen LogP contribution >= 0.6 is 0 Å². The Hall–Kier alpha value is -1.97. The van der Waals surface area contributed by atoms with E-state index < -0.39 is 0 Å². The Bertz CT molecular complexity index is 573. The normalized spacial score (nSPS) is 10.4. The zero-order valence-corrected chi connectivity index (χ0v) is 9.04. The molecule has 0 aliphatic rings.